The van der Waals surface area contributed by atoms with Crippen molar-refractivity contribution in [2.24, 2.45) is 0 Å². The van der Waals surface area contributed by atoms with Crippen LogP contribution in [0.25, 0.3) is 0 Å². The predicted octanol–water partition coefficient (Wildman–Crippen LogP) is 1.61. The molecule has 1 rings (SSSR count). The standard InChI is InChI=1S/C6H4ClF2NO3S/c7-14(11,12)5-2-1-4(3-10-5)13-6(8)9/h1-3,6H. The largest absolute Gasteiger partial charge is 0.433 e. The third-order valence-corrected chi connectivity index (χ3v) is 2.40. The van der Waals surface area contributed by atoms with E-state index in [0.29, 0.717) is 0 Å². The number of aromatic nitrogens is 1. The van der Waals surface area contributed by atoms with Crippen molar-refractivity contribution in [1.82, 2.24) is 4.98 Å². The lowest BCUT2D eigenvalue weighted by atomic mass is 10.5. The molecule has 0 atom stereocenters. The van der Waals surface area contributed by atoms with Crippen LogP contribution in [0.2, 0.25) is 0 Å². The van der Waals surface area contributed by atoms with Gasteiger partial charge in [-0.25, -0.2) is 13.4 Å². The Morgan fingerprint density at radius 1 is 1.43 bits per heavy atom. The van der Waals surface area contributed by atoms with Gasteiger partial charge in [-0.05, 0) is 12.1 Å². The van der Waals surface area contributed by atoms with Crippen molar-refractivity contribution in [1.29, 1.82) is 0 Å². The van der Waals surface area contributed by atoms with Crippen LogP contribution in [0, 0.1) is 0 Å². The van der Waals surface area contributed by atoms with Crippen LogP contribution < -0.4 is 4.74 Å². The quantitative estimate of drug-likeness (QED) is 0.757. The van der Waals surface area contributed by atoms with Crippen LogP contribution in [0.1, 0.15) is 0 Å². The maximum atomic E-state index is 11.7. The van der Waals surface area contributed by atoms with Gasteiger partial charge in [-0.3, -0.25) is 0 Å². The number of halogens is 3. The second-order valence-electron chi connectivity index (χ2n) is 2.15. The monoisotopic (exact) mass is 243 g/mol. The average molecular weight is 244 g/mol. The zero-order valence-electron chi connectivity index (χ0n) is 6.52. The molecule has 0 bridgehead atoms. The highest BCUT2D eigenvalue weighted by molar-refractivity contribution is 8.13. The van der Waals surface area contributed by atoms with Crippen molar-refractivity contribution in [3.63, 3.8) is 0 Å². The Morgan fingerprint density at radius 3 is 2.43 bits per heavy atom. The Balaban J connectivity index is 2.90. The van der Waals surface area contributed by atoms with E-state index < -0.39 is 20.7 Å². The second-order valence-corrected chi connectivity index (χ2v) is 4.66. The lowest BCUT2D eigenvalue weighted by Crippen LogP contribution is -2.03. The SMILES string of the molecule is O=S(=O)(Cl)c1ccc(OC(F)F)cn1. The molecule has 0 aliphatic rings. The summed E-state index contributed by atoms with van der Waals surface area (Å²) in [7, 11) is 1.01. The minimum atomic E-state index is -3.93. The molecule has 8 heteroatoms. The summed E-state index contributed by atoms with van der Waals surface area (Å²) in [5, 5.41) is -0.416. The molecule has 0 saturated carbocycles. The van der Waals surface area contributed by atoms with E-state index in [-0.39, 0.29) is 5.75 Å². The molecule has 0 N–H and O–H groups in total. The number of hydrogen-bond acceptors (Lipinski definition) is 4. The van der Waals surface area contributed by atoms with Crippen LogP contribution in [0.3, 0.4) is 0 Å². The molecule has 0 unspecified atom stereocenters. The molecule has 1 aromatic heterocycles. The smallest absolute Gasteiger partial charge is 0.387 e. The molecular weight excluding hydrogens is 240 g/mol. The first kappa shape index (κ1) is 11.1. The summed E-state index contributed by atoms with van der Waals surface area (Å²) in [4.78, 5) is 3.32. The molecule has 0 amide bonds. The van der Waals surface area contributed by atoms with Crippen molar-refractivity contribution < 1.29 is 21.9 Å². The lowest BCUT2D eigenvalue weighted by molar-refractivity contribution is -0.0501. The Labute approximate surface area is 82.9 Å². The zero-order valence-corrected chi connectivity index (χ0v) is 8.10. The van der Waals surface area contributed by atoms with Gasteiger partial charge in [-0.15, -0.1) is 0 Å². The average Bonchev–Trinajstić information content (AvgIpc) is 2.02. The molecule has 0 saturated heterocycles. The fraction of sp³-hybridized carbons (Fsp3) is 0.167. The van der Waals surface area contributed by atoms with Gasteiger partial charge < -0.3 is 4.74 Å². The predicted molar refractivity (Wildman–Crippen MR) is 43.9 cm³/mol. The molecule has 1 heterocycles. The van der Waals surface area contributed by atoms with E-state index >= 15 is 0 Å². The van der Waals surface area contributed by atoms with Gasteiger partial charge >= 0.3 is 6.61 Å². The molecule has 0 spiro atoms. The Bertz CT molecular complexity index is 406. The van der Waals surface area contributed by atoms with E-state index in [9.17, 15) is 17.2 Å². The Kier molecular flexibility index (Phi) is 3.22. The first-order chi connectivity index (χ1) is 6.39. The summed E-state index contributed by atoms with van der Waals surface area (Å²) in [6.45, 7) is -2.98. The van der Waals surface area contributed by atoms with E-state index in [0.717, 1.165) is 18.3 Å². The van der Waals surface area contributed by atoms with Crippen LogP contribution in [0.4, 0.5) is 8.78 Å². The lowest BCUT2D eigenvalue weighted by Gasteiger charge is -2.03. The van der Waals surface area contributed by atoms with E-state index in [1.807, 2.05) is 0 Å². The highest BCUT2D eigenvalue weighted by Crippen LogP contribution is 2.17. The molecule has 14 heavy (non-hydrogen) atoms. The second kappa shape index (κ2) is 4.05. The molecule has 0 aliphatic heterocycles. The van der Waals surface area contributed by atoms with Gasteiger partial charge in [-0.2, -0.15) is 8.78 Å². The zero-order chi connectivity index (χ0) is 10.8. The van der Waals surface area contributed by atoms with Gasteiger partial charge in [0.2, 0.25) is 0 Å². The Hall–Kier alpha value is -0.950. The van der Waals surface area contributed by atoms with E-state index in [1.54, 1.807) is 0 Å². The van der Waals surface area contributed by atoms with Gasteiger partial charge in [0.15, 0.2) is 5.03 Å². The summed E-state index contributed by atoms with van der Waals surface area (Å²) in [5.74, 6) is -0.232. The van der Waals surface area contributed by atoms with E-state index in [1.165, 1.54) is 0 Å². The van der Waals surface area contributed by atoms with Crippen molar-refractivity contribution in [2.45, 2.75) is 11.6 Å². The third-order valence-electron chi connectivity index (χ3n) is 1.18. The van der Waals surface area contributed by atoms with Gasteiger partial charge in [0.25, 0.3) is 9.05 Å². The highest BCUT2D eigenvalue weighted by atomic mass is 35.7. The molecular formula is C6H4ClF2NO3S. The molecule has 0 radical (unpaired) electrons. The first-order valence-electron chi connectivity index (χ1n) is 3.25. The Morgan fingerprint density at radius 2 is 2.07 bits per heavy atom. The number of pyridine rings is 1. The minimum absolute atomic E-state index is 0.232. The van der Waals surface area contributed by atoms with Crippen LogP contribution in [0.5, 0.6) is 5.75 Å². The third kappa shape index (κ3) is 3.08. The van der Waals surface area contributed by atoms with Crippen molar-refractivity contribution >= 4 is 19.7 Å². The molecule has 78 valence electrons. The summed E-state index contributed by atoms with van der Waals surface area (Å²) < 4.78 is 48.6. The van der Waals surface area contributed by atoms with Gasteiger partial charge in [-0.1, -0.05) is 0 Å². The van der Waals surface area contributed by atoms with Crippen molar-refractivity contribution in [3.05, 3.63) is 18.3 Å². The maximum Gasteiger partial charge on any atom is 0.387 e. The van der Waals surface area contributed by atoms with Crippen LogP contribution in [-0.4, -0.2) is 20.0 Å². The highest BCUT2D eigenvalue weighted by Gasteiger charge is 2.12. The normalized spacial score (nSPS) is 11.7. The van der Waals surface area contributed by atoms with Crippen LogP contribution >= 0.6 is 10.7 Å². The molecule has 1 aromatic rings. The number of hydrogen-bond donors (Lipinski definition) is 0. The number of ether oxygens (including phenoxy) is 1. The van der Waals surface area contributed by atoms with Gasteiger partial charge in [0.1, 0.15) is 5.75 Å². The van der Waals surface area contributed by atoms with Gasteiger partial charge in [0, 0.05) is 10.7 Å². The van der Waals surface area contributed by atoms with Crippen molar-refractivity contribution in [3.8, 4) is 5.75 Å². The van der Waals surface area contributed by atoms with Gasteiger partial charge in [0.05, 0.1) is 6.20 Å². The van der Waals surface area contributed by atoms with Crippen LogP contribution in [0.15, 0.2) is 23.4 Å². The van der Waals surface area contributed by atoms with E-state index in [4.69, 9.17) is 10.7 Å². The summed E-state index contributed by atoms with van der Waals surface area (Å²) in [6.07, 6.45) is 0.849. The topological polar surface area (TPSA) is 56.3 Å². The fourth-order valence-electron chi connectivity index (χ4n) is 0.684. The van der Waals surface area contributed by atoms with Crippen LogP contribution in [-0.2, 0) is 9.05 Å². The van der Waals surface area contributed by atoms with Crippen molar-refractivity contribution in [2.75, 3.05) is 0 Å². The molecule has 0 fully saturated rings. The van der Waals surface area contributed by atoms with E-state index in [2.05, 4.69) is 9.72 Å². The summed E-state index contributed by atoms with van der Waals surface area (Å²) in [5.41, 5.74) is 0. The summed E-state index contributed by atoms with van der Waals surface area (Å²) in [6, 6.07) is 2.01. The first-order valence-corrected chi connectivity index (χ1v) is 5.56. The molecule has 0 aliphatic carbocycles. The summed E-state index contributed by atoms with van der Waals surface area (Å²) >= 11 is 0. The molecule has 0 aromatic carbocycles. The minimum Gasteiger partial charge on any atom is -0.433 e. The molecule has 4 nitrogen and oxygen atoms in total. The maximum absolute atomic E-state index is 11.7. The number of nitrogens with zero attached hydrogens (tertiary/aromatic N) is 1. The fourth-order valence-corrected chi connectivity index (χ4v) is 1.37. The number of alkyl halides is 2. The number of rotatable bonds is 3.